The van der Waals surface area contributed by atoms with Crippen molar-refractivity contribution in [2.75, 3.05) is 20.5 Å². The molecule has 0 heterocycles. The Morgan fingerprint density at radius 2 is 1.53 bits per heavy atom. The maximum absolute atomic E-state index is 12.9. The number of fused-ring (bicyclic) bond motifs is 1. The Hall–Kier alpha value is -2.57. The smallest absolute Gasteiger partial charge is 0.265 e. The second-order valence-corrected chi connectivity index (χ2v) is 12.2. The van der Waals surface area contributed by atoms with Gasteiger partial charge < -0.3 is 9.47 Å². The molecule has 0 saturated carbocycles. The van der Waals surface area contributed by atoms with E-state index in [0.29, 0.717) is 11.7 Å². The molecule has 0 aromatic heterocycles. The van der Waals surface area contributed by atoms with E-state index in [4.69, 9.17) is 13.7 Å². The van der Waals surface area contributed by atoms with Crippen molar-refractivity contribution in [2.45, 2.75) is 46.6 Å². The predicted octanol–water partition coefficient (Wildman–Crippen LogP) is 6.59. The molecule has 2 aromatic carbocycles. The van der Waals surface area contributed by atoms with Gasteiger partial charge in [-0.05, 0) is 85.1 Å². The molecular weight excluding hydrogens is 472 g/mol. The summed E-state index contributed by atoms with van der Waals surface area (Å²) in [6.45, 7) is 11.1. The van der Waals surface area contributed by atoms with Gasteiger partial charge in [-0.1, -0.05) is 50.1 Å². The molecule has 36 heavy (non-hydrogen) atoms. The molecule has 194 valence electrons. The van der Waals surface area contributed by atoms with Crippen molar-refractivity contribution in [1.82, 2.24) is 0 Å². The zero-order valence-corrected chi connectivity index (χ0v) is 23.4. The molecule has 0 spiro atoms. The standard InChI is InChI=1S/C30H38O5S/c1-18-15-19(2)21(4)29(22(5)20(18)3)30(35-36(8,31)32)17-27(23-9-11-24(33-6)12-10-23)26-14-13-25(34-7)16-28(26)30/h9-14,16-17,19,21-22,29H,15H2,1-8H3/t19?,21?,22?,29?,30-/m0/s1. The molecule has 0 aliphatic heterocycles. The molecule has 0 fully saturated rings. The van der Waals surface area contributed by atoms with E-state index >= 15 is 0 Å². The fourth-order valence-corrected chi connectivity index (χ4v) is 7.05. The highest BCUT2D eigenvalue weighted by molar-refractivity contribution is 7.86. The first-order valence-corrected chi connectivity index (χ1v) is 14.4. The van der Waals surface area contributed by atoms with Crippen LogP contribution in [-0.4, -0.2) is 28.9 Å². The zero-order valence-electron chi connectivity index (χ0n) is 22.6. The summed E-state index contributed by atoms with van der Waals surface area (Å²) < 4.78 is 43.1. The summed E-state index contributed by atoms with van der Waals surface area (Å²) in [5, 5.41) is 0. The largest absolute Gasteiger partial charge is 0.497 e. The van der Waals surface area contributed by atoms with Crippen LogP contribution in [-0.2, 0) is 19.9 Å². The highest BCUT2D eigenvalue weighted by Crippen LogP contribution is 2.57. The van der Waals surface area contributed by atoms with Gasteiger partial charge in [-0.15, -0.1) is 0 Å². The third kappa shape index (κ3) is 4.61. The number of allylic oxidation sites excluding steroid dienone is 2. The van der Waals surface area contributed by atoms with Gasteiger partial charge in [-0.25, -0.2) is 0 Å². The van der Waals surface area contributed by atoms with Crippen molar-refractivity contribution in [3.05, 3.63) is 76.4 Å². The van der Waals surface area contributed by atoms with Gasteiger partial charge in [0.1, 0.15) is 17.1 Å². The van der Waals surface area contributed by atoms with Gasteiger partial charge in [0, 0.05) is 11.5 Å². The van der Waals surface area contributed by atoms with Crippen LogP contribution < -0.4 is 9.47 Å². The number of hydrogen-bond acceptors (Lipinski definition) is 5. The molecule has 0 N–H and O–H groups in total. The lowest BCUT2D eigenvalue weighted by atomic mass is 9.66. The molecule has 2 aromatic rings. The lowest BCUT2D eigenvalue weighted by molar-refractivity contribution is -0.000647. The third-order valence-electron chi connectivity index (χ3n) is 8.47. The lowest BCUT2D eigenvalue weighted by Gasteiger charge is -2.44. The summed E-state index contributed by atoms with van der Waals surface area (Å²) in [6.07, 6.45) is 4.19. The minimum Gasteiger partial charge on any atom is -0.497 e. The Labute approximate surface area is 216 Å². The second kappa shape index (κ2) is 9.71. The van der Waals surface area contributed by atoms with Crippen LogP contribution >= 0.6 is 0 Å². The van der Waals surface area contributed by atoms with Crippen LogP contribution in [0.5, 0.6) is 11.5 Å². The van der Waals surface area contributed by atoms with E-state index in [-0.39, 0.29) is 17.8 Å². The fraction of sp³-hybridized carbons (Fsp3) is 0.467. The predicted molar refractivity (Wildman–Crippen MR) is 145 cm³/mol. The molecule has 0 amide bonds. The normalized spacial score (nSPS) is 28.4. The Balaban J connectivity index is 2.05. The highest BCUT2D eigenvalue weighted by Gasteiger charge is 2.54. The van der Waals surface area contributed by atoms with Gasteiger partial charge in [0.2, 0.25) is 0 Å². The molecule has 4 rings (SSSR count). The van der Waals surface area contributed by atoms with E-state index in [1.165, 1.54) is 11.1 Å². The summed E-state index contributed by atoms with van der Waals surface area (Å²) in [5.41, 5.74) is 5.23. The summed E-state index contributed by atoms with van der Waals surface area (Å²) >= 11 is 0. The van der Waals surface area contributed by atoms with E-state index in [2.05, 4.69) is 40.7 Å². The van der Waals surface area contributed by atoms with Gasteiger partial charge in [0.05, 0.1) is 20.5 Å². The highest BCUT2D eigenvalue weighted by atomic mass is 32.2. The van der Waals surface area contributed by atoms with E-state index < -0.39 is 15.7 Å². The molecule has 5 nitrogen and oxygen atoms in total. The maximum atomic E-state index is 12.9. The van der Waals surface area contributed by atoms with Crippen molar-refractivity contribution < 1.29 is 22.1 Å². The molecule has 6 heteroatoms. The number of methoxy groups -OCH3 is 2. The van der Waals surface area contributed by atoms with Gasteiger partial charge in [0.25, 0.3) is 10.1 Å². The average Bonchev–Trinajstić information content (AvgIpc) is 3.12. The first-order chi connectivity index (χ1) is 16.9. The molecule has 0 radical (unpaired) electrons. The van der Waals surface area contributed by atoms with Crippen LogP contribution in [0.2, 0.25) is 0 Å². The quantitative estimate of drug-likeness (QED) is 0.324. The Morgan fingerprint density at radius 3 is 2.11 bits per heavy atom. The molecule has 2 aliphatic carbocycles. The summed E-state index contributed by atoms with van der Waals surface area (Å²) in [6, 6.07) is 13.7. The summed E-state index contributed by atoms with van der Waals surface area (Å²) in [4.78, 5) is 0. The minimum atomic E-state index is -3.82. The minimum absolute atomic E-state index is 0.109. The monoisotopic (exact) mass is 510 g/mol. The Bertz CT molecular complexity index is 1310. The average molecular weight is 511 g/mol. The van der Waals surface area contributed by atoms with Crippen LogP contribution in [0.4, 0.5) is 0 Å². The van der Waals surface area contributed by atoms with E-state index in [1.54, 1.807) is 14.2 Å². The van der Waals surface area contributed by atoms with Crippen molar-refractivity contribution in [2.24, 2.45) is 23.7 Å². The first-order valence-electron chi connectivity index (χ1n) is 12.5. The fourth-order valence-electron chi connectivity index (χ4n) is 6.30. The summed E-state index contributed by atoms with van der Waals surface area (Å²) in [5.74, 6) is 1.99. The van der Waals surface area contributed by atoms with Crippen LogP contribution in [0.3, 0.4) is 0 Å². The van der Waals surface area contributed by atoms with Crippen molar-refractivity contribution in [1.29, 1.82) is 0 Å². The van der Waals surface area contributed by atoms with Crippen molar-refractivity contribution >= 4 is 15.7 Å². The SMILES string of the molecule is COc1ccc(C2=C[C@@](OS(C)(=O)=O)(C3C(C)C(C)=C(C)CC(C)C3C)c3cc(OC)ccc32)cc1. The molecule has 5 atom stereocenters. The third-order valence-corrected chi connectivity index (χ3v) is 9.05. The number of benzene rings is 2. The first kappa shape index (κ1) is 26.5. The second-order valence-electron chi connectivity index (χ2n) is 10.6. The Morgan fingerprint density at radius 1 is 0.917 bits per heavy atom. The van der Waals surface area contributed by atoms with Gasteiger partial charge >= 0.3 is 0 Å². The van der Waals surface area contributed by atoms with Gasteiger partial charge in [-0.3, -0.25) is 4.18 Å². The van der Waals surface area contributed by atoms with E-state index in [1.807, 2.05) is 42.5 Å². The van der Waals surface area contributed by atoms with Crippen molar-refractivity contribution in [3.63, 3.8) is 0 Å². The van der Waals surface area contributed by atoms with E-state index in [0.717, 1.165) is 40.7 Å². The van der Waals surface area contributed by atoms with Gasteiger partial charge in [0.15, 0.2) is 0 Å². The van der Waals surface area contributed by atoms with Crippen LogP contribution in [0.15, 0.2) is 59.7 Å². The molecule has 2 aliphatic rings. The number of rotatable bonds is 6. The van der Waals surface area contributed by atoms with Crippen LogP contribution in [0.1, 0.15) is 57.7 Å². The Kier molecular flexibility index (Phi) is 7.15. The van der Waals surface area contributed by atoms with Crippen LogP contribution in [0, 0.1) is 23.7 Å². The van der Waals surface area contributed by atoms with Crippen molar-refractivity contribution in [3.8, 4) is 11.5 Å². The summed E-state index contributed by atoms with van der Waals surface area (Å²) in [7, 11) is -0.552. The number of hydrogen-bond donors (Lipinski definition) is 0. The molecule has 4 unspecified atom stereocenters. The molecule has 0 bridgehead atoms. The number of ether oxygens (including phenoxy) is 2. The maximum Gasteiger partial charge on any atom is 0.265 e. The molecule has 0 saturated heterocycles. The molecular formula is C30H38O5S. The lowest BCUT2D eigenvalue weighted by Crippen LogP contribution is -2.44. The van der Waals surface area contributed by atoms with Crippen LogP contribution in [0.25, 0.3) is 5.57 Å². The topological polar surface area (TPSA) is 61.8 Å². The van der Waals surface area contributed by atoms with E-state index in [9.17, 15) is 8.42 Å². The zero-order chi connectivity index (χ0) is 26.4. The van der Waals surface area contributed by atoms with Gasteiger partial charge in [-0.2, -0.15) is 8.42 Å².